The number of nitrogens with zero attached hydrogens (tertiary/aromatic N) is 4. The van der Waals surface area contributed by atoms with Gasteiger partial charge < -0.3 is 0 Å². The molecule has 1 heterocycles. The molecular formula is C10H9Cl2N5O. The third-order valence-corrected chi connectivity index (χ3v) is 2.93. The van der Waals surface area contributed by atoms with E-state index in [-0.39, 0.29) is 5.95 Å². The Labute approximate surface area is 113 Å². The standard InChI is InChI=1S/C10H9Cl2N5O/c1-16(13)9-14-5-17(10(18)15-9)6-2-3-7(11)8(12)4-6/h2-5H,13H2,1H3. The van der Waals surface area contributed by atoms with Gasteiger partial charge in [-0.25, -0.2) is 15.6 Å². The highest BCUT2D eigenvalue weighted by molar-refractivity contribution is 6.42. The van der Waals surface area contributed by atoms with Crippen molar-refractivity contribution in [1.29, 1.82) is 0 Å². The van der Waals surface area contributed by atoms with E-state index in [4.69, 9.17) is 29.0 Å². The highest BCUT2D eigenvalue weighted by Crippen LogP contribution is 2.23. The van der Waals surface area contributed by atoms with Gasteiger partial charge in [-0.3, -0.25) is 9.58 Å². The molecule has 0 saturated heterocycles. The van der Waals surface area contributed by atoms with Crippen LogP contribution in [0.25, 0.3) is 5.69 Å². The Morgan fingerprint density at radius 2 is 2.06 bits per heavy atom. The van der Waals surface area contributed by atoms with Crippen LogP contribution in [-0.4, -0.2) is 21.6 Å². The fraction of sp³-hybridized carbons (Fsp3) is 0.100. The molecule has 0 saturated carbocycles. The first kappa shape index (κ1) is 12.8. The van der Waals surface area contributed by atoms with Crippen molar-refractivity contribution in [3.63, 3.8) is 0 Å². The van der Waals surface area contributed by atoms with Crippen molar-refractivity contribution in [1.82, 2.24) is 14.5 Å². The summed E-state index contributed by atoms with van der Waals surface area (Å²) >= 11 is 11.7. The average molecular weight is 286 g/mol. The maximum atomic E-state index is 11.8. The summed E-state index contributed by atoms with van der Waals surface area (Å²) in [6, 6.07) is 4.79. The Kier molecular flexibility index (Phi) is 3.51. The minimum Gasteiger partial charge on any atom is -0.282 e. The molecule has 2 rings (SSSR count). The van der Waals surface area contributed by atoms with Crippen LogP contribution >= 0.6 is 23.2 Å². The van der Waals surface area contributed by atoms with E-state index >= 15 is 0 Å². The van der Waals surface area contributed by atoms with Gasteiger partial charge in [0.2, 0.25) is 5.95 Å². The number of benzene rings is 1. The quantitative estimate of drug-likeness (QED) is 0.664. The molecule has 94 valence electrons. The normalized spacial score (nSPS) is 10.4. The zero-order valence-electron chi connectivity index (χ0n) is 9.34. The third kappa shape index (κ3) is 2.45. The Morgan fingerprint density at radius 1 is 1.33 bits per heavy atom. The predicted molar refractivity (Wildman–Crippen MR) is 70.2 cm³/mol. The van der Waals surface area contributed by atoms with E-state index in [1.807, 2.05) is 0 Å². The fourth-order valence-electron chi connectivity index (χ4n) is 1.31. The van der Waals surface area contributed by atoms with Crippen molar-refractivity contribution in [3.05, 3.63) is 45.1 Å². The van der Waals surface area contributed by atoms with Crippen LogP contribution in [0.3, 0.4) is 0 Å². The van der Waals surface area contributed by atoms with Crippen LogP contribution < -0.4 is 16.5 Å². The van der Waals surface area contributed by atoms with Crippen LogP contribution in [0.2, 0.25) is 10.0 Å². The van der Waals surface area contributed by atoms with Crippen LogP contribution in [0, 0.1) is 0 Å². The van der Waals surface area contributed by atoms with Crippen molar-refractivity contribution in [2.24, 2.45) is 5.84 Å². The maximum Gasteiger partial charge on any atom is 0.356 e. The number of rotatable bonds is 2. The molecule has 0 bridgehead atoms. The second-order valence-electron chi connectivity index (χ2n) is 3.52. The van der Waals surface area contributed by atoms with Gasteiger partial charge in [0.1, 0.15) is 6.33 Å². The topological polar surface area (TPSA) is 77.0 Å². The van der Waals surface area contributed by atoms with E-state index in [1.54, 1.807) is 18.2 Å². The second-order valence-corrected chi connectivity index (χ2v) is 4.33. The molecular weight excluding hydrogens is 277 g/mol. The second kappa shape index (κ2) is 4.93. The van der Waals surface area contributed by atoms with E-state index < -0.39 is 5.69 Å². The zero-order valence-corrected chi connectivity index (χ0v) is 10.9. The van der Waals surface area contributed by atoms with Crippen molar-refractivity contribution in [3.8, 4) is 5.69 Å². The van der Waals surface area contributed by atoms with Crippen LogP contribution in [-0.2, 0) is 0 Å². The summed E-state index contributed by atoms with van der Waals surface area (Å²) in [5.74, 6) is 5.57. The van der Waals surface area contributed by atoms with E-state index in [2.05, 4.69) is 9.97 Å². The fourth-order valence-corrected chi connectivity index (χ4v) is 1.60. The molecule has 6 nitrogen and oxygen atoms in total. The Bertz CT molecular complexity index is 640. The maximum absolute atomic E-state index is 11.8. The molecule has 0 spiro atoms. The van der Waals surface area contributed by atoms with Crippen LogP contribution in [0.4, 0.5) is 5.95 Å². The first-order valence-corrected chi connectivity index (χ1v) is 5.64. The molecule has 1 aromatic carbocycles. The van der Waals surface area contributed by atoms with Crippen LogP contribution in [0.15, 0.2) is 29.3 Å². The molecule has 0 amide bonds. The highest BCUT2D eigenvalue weighted by atomic mass is 35.5. The largest absolute Gasteiger partial charge is 0.356 e. The molecule has 0 radical (unpaired) electrons. The first-order valence-electron chi connectivity index (χ1n) is 4.88. The molecule has 1 aromatic heterocycles. The van der Waals surface area contributed by atoms with Gasteiger partial charge in [-0.1, -0.05) is 23.2 Å². The Hall–Kier alpha value is -1.63. The van der Waals surface area contributed by atoms with Crippen molar-refractivity contribution >= 4 is 29.2 Å². The molecule has 0 aliphatic heterocycles. The number of anilines is 1. The summed E-state index contributed by atoms with van der Waals surface area (Å²) in [6.07, 6.45) is 1.33. The summed E-state index contributed by atoms with van der Waals surface area (Å²) in [5, 5.41) is 1.91. The summed E-state index contributed by atoms with van der Waals surface area (Å²) in [5.41, 5.74) is 0.0244. The minimum absolute atomic E-state index is 0.135. The van der Waals surface area contributed by atoms with Crippen LogP contribution in [0.5, 0.6) is 0 Å². The summed E-state index contributed by atoms with van der Waals surface area (Å²) in [7, 11) is 1.54. The van der Waals surface area contributed by atoms with Crippen LogP contribution in [0.1, 0.15) is 0 Å². The lowest BCUT2D eigenvalue weighted by atomic mass is 10.3. The van der Waals surface area contributed by atoms with Crippen molar-refractivity contribution < 1.29 is 0 Å². The van der Waals surface area contributed by atoms with Gasteiger partial charge in [-0.05, 0) is 18.2 Å². The number of hydrazine groups is 1. The third-order valence-electron chi connectivity index (χ3n) is 2.19. The molecule has 0 aliphatic rings. The first-order chi connectivity index (χ1) is 8.49. The highest BCUT2D eigenvalue weighted by Gasteiger charge is 2.07. The predicted octanol–water partition coefficient (Wildman–Crippen LogP) is 1.24. The summed E-state index contributed by atoms with van der Waals surface area (Å²) < 4.78 is 1.25. The average Bonchev–Trinajstić information content (AvgIpc) is 2.32. The van der Waals surface area contributed by atoms with Gasteiger partial charge in [0.15, 0.2) is 0 Å². The van der Waals surface area contributed by atoms with Gasteiger partial charge in [0.25, 0.3) is 0 Å². The molecule has 0 aliphatic carbocycles. The lowest BCUT2D eigenvalue weighted by Crippen LogP contribution is -2.32. The zero-order chi connectivity index (χ0) is 13.3. The summed E-state index contributed by atoms with van der Waals surface area (Å²) in [6.45, 7) is 0. The number of halogens is 2. The number of aromatic nitrogens is 3. The molecule has 0 fully saturated rings. The smallest absolute Gasteiger partial charge is 0.282 e. The van der Waals surface area contributed by atoms with Gasteiger partial charge in [-0.2, -0.15) is 4.98 Å². The molecule has 18 heavy (non-hydrogen) atoms. The van der Waals surface area contributed by atoms with Crippen molar-refractivity contribution in [2.75, 3.05) is 12.1 Å². The lowest BCUT2D eigenvalue weighted by molar-refractivity contribution is 0.819. The van der Waals surface area contributed by atoms with E-state index in [9.17, 15) is 4.79 Å². The Morgan fingerprint density at radius 3 is 2.61 bits per heavy atom. The number of hydrogen-bond acceptors (Lipinski definition) is 5. The molecule has 2 N–H and O–H groups in total. The molecule has 0 atom stereocenters. The molecule has 2 aromatic rings. The Balaban J connectivity index is 2.51. The SMILES string of the molecule is CN(N)c1ncn(-c2ccc(Cl)c(Cl)c2)c(=O)n1. The number of hydrogen-bond donors (Lipinski definition) is 1. The van der Waals surface area contributed by atoms with E-state index in [1.165, 1.54) is 17.9 Å². The van der Waals surface area contributed by atoms with E-state index in [0.717, 1.165) is 5.01 Å². The summed E-state index contributed by atoms with van der Waals surface area (Å²) in [4.78, 5) is 19.5. The van der Waals surface area contributed by atoms with Gasteiger partial charge in [0, 0.05) is 7.05 Å². The minimum atomic E-state index is -0.504. The van der Waals surface area contributed by atoms with E-state index in [0.29, 0.717) is 15.7 Å². The van der Waals surface area contributed by atoms with Gasteiger partial charge >= 0.3 is 5.69 Å². The lowest BCUT2D eigenvalue weighted by Gasteiger charge is -2.10. The number of nitrogens with two attached hydrogens (primary N) is 1. The molecule has 0 unspecified atom stereocenters. The van der Waals surface area contributed by atoms with Gasteiger partial charge in [-0.15, -0.1) is 0 Å². The molecule has 8 heteroatoms. The van der Waals surface area contributed by atoms with Crippen molar-refractivity contribution in [2.45, 2.75) is 0 Å². The van der Waals surface area contributed by atoms with Gasteiger partial charge in [0.05, 0.1) is 15.7 Å². The monoisotopic (exact) mass is 285 g/mol.